The minimum Gasteiger partial charge on any atom is -0.508 e. The van der Waals surface area contributed by atoms with E-state index in [1.54, 1.807) is 12.1 Å². The number of Topliss-reactive ketones (excluding diaryl/α,β-unsaturated/α-hetero) is 1. The number of nitrogens with one attached hydrogen (secondary N) is 1. The van der Waals surface area contributed by atoms with Crippen LogP contribution in [0.2, 0.25) is 0 Å². The van der Waals surface area contributed by atoms with E-state index in [0.29, 0.717) is 5.78 Å². The third kappa shape index (κ3) is 2.98. The summed E-state index contributed by atoms with van der Waals surface area (Å²) in [5.41, 5.74) is 0.539. The molecule has 0 amide bonds. The van der Waals surface area contributed by atoms with Gasteiger partial charge in [-0.25, -0.2) is 0 Å². The van der Waals surface area contributed by atoms with Gasteiger partial charge in [-0.1, -0.05) is 12.1 Å². The molecule has 0 spiro atoms. The van der Waals surface area contributed by atoms with Crippen molar-refractivity contribution >= 4 is 5.78 Å². The standard InChI is InChI=1S/C20H29N3O2/c1-18(2,3)21-9-20-12-22-10-19(17(20)25,11-23(13-20)14-22)8-15-4-6-16(24)7-5-15/h4-7,21,24H,8-14H2,1-3H3. The number of nitrogens with zero attached hydrogens (tertiary/aromatic N) is 2. The molecule has 4 fully saturated rings. The Morgan fingerprint density at radius 1 is 1.04 bits per heavy atom. The first-order chi connectivity index (χ1) is 11.7. The van der Waals surface area contributed by atoms with Crippen LogP contribution in [0.3, 0.4) is 0 Å². The molecule has 2 N–H and O–H groups in total. The number of piperidine rings is 2. The van der Waals surface area contributed by atoms with Crippen molar-refractivity contribution in [2.24, 2.45) is 10.8 Å². The number of carbonyl (C=O) groups is 1. The zero-order valence-electron chi connectivity index (χ0n) is 15.5. The fraction of sp³-hybridized carbons (Fsp3) is 0.650. The SMILES string of the molecule is CC(C)(C)NCC12CN3CN(C1)CC(Cc1ccc(O)cc1)(C3)C2=O. The fourth-order valence-electron chi connectivity index (χ4n) is 5.08. The number of rotatable bonds is 4. The van der Waals surface area contributed by atoms with Gasteiger partial charge in [0.15, 0.2) is 5.78 Å². The number of phenols is 1. The van der Waals surface area contributed by atoms with Crippen LogP contribution in [0.25, 0.3) is 0 Å². The van der Waals surface area contributed by atoms with Gasteiger partial charge < -0.3 is 10.4 Å². The van der Waals surface area contributed by atoms with Gasteiger partial charge in [-0.3, -0.25) is 14.6 Å². The highest BCUT2D eigenvalue weighted by molar-refractivity contribution is 5.94. The van der Waals surface area contributed by atoms with Gasteiger partial charge in [0.1, 0.15) is 5.75 Å². The summed E-state index contributed by atoms with van der Waals surface area (Å²) in [4.78, 5) is 18.6. The second kappa shape index (κ2) is 5.53. The van der Waals surface area contributed by atoms with Crippen LogP contribution < -0.4 is 5.32 Å². The normalized spacial score (nSPS) is 36.8. The Hall–Kier alpha value is -1.43. The Kier molecular flexibility index (Phi) is 3.76. The summed E-state index contributed by atoms with van der Waals surface area (Å²) < 4.78 is 0. The molecular weight excluding hydrogens is 314 g/mol. The molecule has 4 saturated heterocycles. The van der Waals surface area contributed by atoms with Crippen molar-refractivity contribution < 1.29 is 9.90 Å². The van der Waals surface area contributed by atoms with E-state index in [-0.39, 0.29) is 22.1 Å². The lowest BCUT2D eigenvalue weighted by Crippen LogP contribution is -2.78. The van der Waals surface area contributed by atoms with Crippen molar-refractivity contribution in [3.63, 3.8) is 0 Å². The molecule has 0 aromatic heterocycles. The molecule has 2 atom stereocenters. The molecule has 1 aromatic rings. The minimum absolute atomic E-state index is 0.0123. The van der Waals surface area contributed by atoms with Crippen molar-refractivity contribution in [2.75, 3.05) is 39.4 Å². The van der Waals surface area contributed by atoms with Crippen molar-refractivity contribution in [1.29, 1.82) is 0 Å². The largest absolute Gasteiger partial charge is 0.508 e. The first-order valence-electron chi connectivity index (χ1n) is 9.22. The highest BCUT2D eigenvalue weighted by atomic mass is 16.3. The minimum atomic E-state index is -0.314. The zero-order chi connectivity index (χ0) is 17.9. The summed E-state index contributed by atoms with van der Waals surface area (Å²) in [6, 6.07) is 7.34. The molecule has 136 valence electrons. The lowest BCUT2D eigenvalue weighted by molar-refractivity contribution is -0.183. The van der Waals surface area contributed by atoms with Crippen molar-refractivity contribution in [1.82, 2.24) is 15.1 Å². The summed E-state index contributed by atoms with van der Waals surface area (Å²) in [7, 11) is 0. The summed E-state index contributed by atoms with van der Waals surface area (Å²) in [5, 5.41) is 13.1. The number of benzene rings is 1. The number of hydrogen-bond acceptors (Lipinski definition) is 5. The van der Waals surface area contributed by atoms with E-state index in [0.717, 1.165) is 51.4 Å². The van der Waals surface area contributed by atoms with E-state index >= 15 is 0 Å². The van der Waals surface area contributed by atoms with E-state index in [2.05, 4.69) is 35.9 Å². The average Bonchev–Trinajstić information content (AvgIpc) is 2.52. The highest BCUT2D eigenvalue weighted by Crippen LogP contribution is 2.47. The number of aromatic hydroxyl groups is 1. The molecule has 0 saturated carbocycles. The van der Waals surface area contributed by atoms with Crippen LogP contribution in [-0.2, 0) is 11.2 Å². The molecule has 5 nitrogen and oxygen atoms in total. The van der Waals surface area contributed by atoms with Crippen LogP contribution in [0.15, 0.2) is 24.3 Å². The van der Waals surface area contributed by atoms with Crippen molar-refractivity contribution in [3.05, 3.63) is 29.8 Å². The third-order valence-electron chi connectivity index (χ3n) is 5.90. The summed E-state index contributed by atoms with van der Waals surface area (Å²) in [6.07, 6.45) is 0.760. The smallest absolute Gasteiger partial charge is 0.151 e. The van der Waals surface area contributed by atoms with E-state index < -0.39 is 0 Å². The lowest BCUT2D eigenvalue weighted by Gasteiger charge is -2.63. The van der Waals surface area contributed by atoms with Gasteiger partial charge in [0.25, 0.3) is 0 Å². The Labute approximate surface area is 150 Å². The van der Waals surface area contributed by atoms with Crippen molar-refractivity contribution in [3.8, 4) is 5.75 Å². The van der Waals surface area contributed by atoms with Gasteiger partial charge in [-0.2, -0.15) is 0 Å². The van der Waals surface area contributed by atoms with Crippen LogP contribution in [0, 0.1) is 10.8 Å². The van der Waals surface area contributed by atoms with Gasteiger partial charge in [-0.05, 0) is 44.9 Å². The zero-order valence-corrected chi connectivity index (χ0v) is 15.5. The first kappa shape index (κ1) is 17.0. The third-order valence-corrected chi connectivity index (χ3v) is 5.90. The average molecular weight is 343 g/mol. The lowest BCUT2D eigenvalue weighted by atomic mass is 9.59. The maximum atomic E-state index is 13.7. The molecule has 25 heavy (non-hydrogen) atoms. The summed E-state index contributed by atoms with van der Waals surface area (Å²) in [5.74, 6) is 0.718. The molecule has 0 radical (unpaired) electrons. The maximum Gasteiger partial charge on any atom is 0.151 e. The predicted octanol–water partition coefficient (Wildman–Crippen LogP) is 1.47. The van der Waals surface area contributed by atoms with Crippen LogP contribution in [-0.4, -0.2) is 65.6 Å². The van der Waals surface area contributed by atoms with Gasteiger partial charge in [-0.15, -0.1) is 0 Å². The number of hydrogen-bond donors (Lipinski definition) is 2. The molecule has 1 aromatic carbocycles. The van der Waals surface area contributed by atoms with E-state index in [9.17, 15) is 9.90 Å². The molecule has 5 rings (SSSR count). The second-order valence-corrected chi connectivity index (χ2v) is 9.45. The topological polar surface area (TPSA) is 55.8 Å². The van der Waals surface area contributed by atoms with Crippen LogP contribution in [0.5, 0.6) is 5.75 Å². The van der Waals surface area contributed by atoms with E-state index in [1.165, 1.54) is 0 Å². The molecule has 4 bridgehead atoms. The monoisotopic (exact) mass is 343 g/mol. The summed E-state index contributed by atoms with van der Waals surface area (Å²) >= 11 is 0. The molecule has 4 heterocycles. The van der Waals surface area contributed by atoms with Gasteiger partial charge in [0.05, 0.1) is 17.5 Å². The molecule has 5 heteroatoms. The molecule has 4 aliphatic heterocycles. The van der Waals surface area contributed by atoms with E-state index in [1.807, 2.05) is 12.1 Å². The Morgan fingerprint density at radius 3 is 2.16 bits per heavy atom. The first-order valence-corrected chi connectivity index (χ1v) is 9.22. The number of carbonyl (C=O) groups excluding carboxylic acids is 1. The molecule has 0 aliphatic carbocycles. The van der Waals surface area contributed by atoms with Gasteiger partial charge >= 0.3 is 0 Å². The quantitative estimate of drug-likeness (QED) is 0.867. The van der Waals surface area contributed by atoms with Crippen LogP contribution >= 0.6 is 0 Å². The fourth-order valence-corrected chi connectivity index (χ4v) is 5.08. The Bertz CT molecular complexity index is 663. The summed E-state index contributed by atoms with van der Waals surface area (Å²) in [6.45, 7) is 11.7. The molecule has 4 aliphatic rings. The Morgan fingerprint density at radius 2 is 1.60 bits per heavy atom. The van der Waals surface area contributed by atoms with Crippen LogP contribution in [0.1, 0.15) is 26.3 Å². The van der Waals surface area contributed by atoms with Gasteiger partial charge in [0, 0.05) is 38.3 Å². The van der Waals surface area contributed by atoms with E-state index in [4.69, 9.17) is 0 Å². The van der Waals surface area contributed by atoms with Crippen molar-refractivity contribution in [2.45, 2.75) is 32.7 Å². The Balaban J connectivity index is 1.62. The molecular formula is C20H29N3O2. The highest BCUT2D eigenvalue weighted by Gasteiger charge is 2.62. The maximum absolute atomic E-state index is 13.7. The number of ketones is 1. The molecule has 2 unspecified atom stereocenters. The van der Waals surface area contributed by atoms with Crippen LogP contribution in [0.4, 0.5) is 0 Å². The van der Waals surface area contributed by atoms with Gasteiger partial charge in [0.2, 0.25) is 0 Å². The number of phenolic OH excluding ortho intramolecular Hbond substituents is 1. The predicted molar refractivity (Wildman–Crippen MR) is 97.5 cm³/mol. The second-order valence-electron chi connectivity index (χ2n) is 9.45.